The number of carboxylic acid groups (broad SMARTS) is 1. The van der Waals surface area contributed by atoms with Crippen LogP contribution in [0.4, 0.5) is 16.2 Å². The van der Waals surface area contributed by atoms with E-state index in [1.807, 2.05) is 12.1 Å². The molecule has 3 heterocycles. The Morgan fingerprint density at radius 2 is 1.89 bits per heavy atom. The maximum atomic E-state index is 12.8. The summed E-state index contributed by atoms with van der Waals surface area (Å²) in [6.45, 7) is 0.123. The van der Waals surface area contributed by atoms with Gasteiger partial charge in [0.2, 0.25) is 0 Å². The van der Waals surface area contributed by atoms with Gasteiger partial charge in [0.1, 0.15) is 0 Å². The summed E-state index contributed by atoms with van der Waals surface area (Å²) >= 11 is 5.95. The minimum atomic E-state index is -1.25. The molecule has 2 amide bonds. The predicted molar refractivity (Wildman–Crippen MR) is 102 cm³/mol. The Hall–Kier alpha value is -3.32. The summed E-state index contributed by atoms with van der Waals surface area (Å²) in [7, 11) is 0. The van der Waals surface area contributed by atoms with Crippen LogP contribution in [0.3, 0.4) is 0 Å². The summed E-state index contributed by atoms with van der Waals surface area (Å²) in [5.41, 5.74) is 3.86. The van der Waals surface area contributed by atoms with E-state index in [4.69, 9.17) is 11.6 Å². The van der Waals surface area contributed by atoms with Crippen LogP contribution < -0.4 is 5.32 Å². The fourth-order valence-electron chi connectivity index (χ4n) is 3.16. The third-order valence-electron chi connectivity index (χ3n) is 4.44. The van der Waals surface area contributed by atoms with Crippen molar-refractivity contribution < 1.29 is 14.7 Å². The van der Waals surface area contributed by atoms with Gasteiger partial charge in [0, 0.05) is 47.3 Å². The molecule has 0 saturated carbocycles. The molecule has 0 saturated heterocycles. The van der Waals surface area contributed by atoms with E-state index in [1.54, 1.807) is 36.7 Å². The van der Waals surface area contributed by atoms with Gasteiger partial charge < -0.3 is 15.4 Å². The zero-order valence-corrected chi connectivity index (χ0v) is 14.8. The molecule has 3 aromatic rings. The van der Waals surface area contributed by atoms with E-state index in [-0.39, 0.29) is 6.54 Å². The summed E-state index contributed by atoms with van der Waals surface area (Å²) < 4.78 is 0. The molecule has 0 radical (unpaired) electrons. The molecule has 136 valence electrons. The Labute approximate surface area is 159 Å². The van der Waals surface area contributed by atoms with E-state index in [0.717, 1.165) is 16.2 Å². The molecule has 2 aromatic heterocycles. The molecule has 0 fully saturated rings. The summed E-state index contributed by atoms with van der Waals surface area (Å²) in [6, 6.07) is 10.7. The van der Waals surface area contributed by atoms with Crippen LogP contribution in [-0.4, -0.2) is 38.5 Å². The first kappa shape index (κ1) is 17.1. The van der Waals surface area contributed by atoms with Crippen LogP contribution >= 0.6 is 11.6 Å². The largest absolute Gasteiger partial charge is 0.465 e. The molecule has 1 aliphatic heterocycles. The molecule has 0 atom stereocenters. The van der Waals surface area contributed by atoms with Gasteiger partial charge in [0.25, 0.3) is 5.91 Å². The summed E-state index contributed by atoms with van der Waals surface area (Å²) in [5.74, 6) is -0.545. The van der Waals surface area contributed by atoms with Crippen LogP contribution in [-0.2, 0) is 6.42 Å². The van der Waals surface area contributed by atoms with Crippen LogP contribution in [0.1, 0.15) is 16.1 Å². The lowest BCUT2D eigenvalue weighted by Crippen LogP contribution is -2.41. The number of hydrogen-bond acceptors (Lipinski definition) is 4. The highest BCUT2D eigenvalue weighted by molar-refractivity contribution is 6.30. The third kappa shape index (κ3) is 3.13. The van der Waals surface area contributed by atoms with Gasteiger partial charge in [-0.2, -0.15) is 0 Å². The standard InChI is InChI=1S/C19H15ClN4O3/c20-12-1-3-13(4-2-12)22-17-15-14(7-10-24(18(15)25)19(26)27)23-16(17)11-5-8-21-9-6-11/h1-6,8-9,22-23H,7,10H2,(H,26,27). The van der Waals surface area contributed by atoms with Crippen molar-refractivity contribution in [1.82, 2.24) is 14.9 Å². The molecule has 3 N–H and O–H groups in total. The van der Waals surface area contributed by atoms with Crippen LogP contribution in [0, 0.1) is 0 Å². The van der Waals surface area contributed by atoms with Gasteiger partial charge >= 0.3 is 6.09 Å². The number of nitrogens with one attached hydrogen (secondary N) is 2. The highest BCUT2D eigenvalue weighted by atomic mass is 35.5. The normalized spacial score (nSPS) is 13.4. The average Bonchev–Trinajstić information content (AvgIpc) is 3.03. The number of fused-ring (bicyclic) bond motifs is 1. The van der Waals surface area contributed by atoms with Crippen LogP contribution in [0.2, 0.25) is 5.02 Å². The summed E-state index contributed by atoms with van der Waals surface area (Å²) in [6.07, 6.45) is 2.49. The number of carbonyl (C=O) groups is 2. The lowest BCUT2D eigenvalue weighted by Gasteiger charge is -2.23. The fourth-order valence-corrected chi connectivity index (χ4v) is 3.28. The molecule has 0 bridgehead atoms. The Balaban J connectivity index is 1.86. The first-order chi connectivity index (χ1) is 13.0. The number of benzene rings is 1. The molecule has 0 unspecified atom stereocenters. The SMILES string of the molecule is O=C(O)N1CCc2[nH]c(-c3ccncc3)c(Nc3ccc(Cl)cc3)c2C1=O. The average molecular weight is 383 g/mol. The Morgan fingerprint density at radius 3 is 2.56 bits per heavy atom. The van der Waals surface area contributed by atoms with Gasteiger partial charge in [-0.15, -0.1) is 0 Å². The van der Waals surface area contributed by atoms with Gasteiger partial charge in [-0.05, 0) is 36.4 Å². The lowest BCUT2D eigenvalue weighted by molar-refractivity contribution is 0.0728. The van der Waals surface area contributed by atoms with E-state index in [0.29, 0.717) is 34.1 Å². The van der Waals surface area contributed by atoms with Gasteiger partial charge in [0.15, 0.2) is 0 Å². The number of imide groups is 1. The summed E-state index contributed by atoms with van der Waals surface area (Å²) in [5, 5.41) is 13.2. The molecule has 27 heavy (non-hydrogen) atoms. The van der Waals surface area contributed by atoms with Gasteiger partial charge in [0.05, 0.1) is 16.9 Å². The molecule has 1 aromatic carbocycles. The fraction of sp³-hybridized carbons (Fsp3) is 0.105. The highest BCUT2D eigenvalue weighted by Gasteiger charge is 2.34. The number of H-pyrrole nitrogens is 1. The second-order valence-corrected chi connectivity index (χ2v) is 6.52. The van der Waals surface area contributed by atoms with Crippen LogP contribution in [0.25, 0.3) is 11.3 Å². The minimum absolute atomic E-state index is 0.123. The van der Waals surface area contributed by atoms with Crippen molar-refractivity contribution in [2.24, 2.45) is 0 Å². The van der Waals surface area contributed by atoms with Crippen molar-refractivity contribution in [2.75, 3.05) is 11.9 Å². The van der Waals surface area contributed by atoms with Crippen molar-refractivity contribution in [2.45, 2.75) is 6.42 Å². The van der Waals surface area contributed by atoms with E-state index < -0.39 is 12.0 Å². The van der Waals surface area contributed by atoms with E-state index in [2.05, 4.69) is 15.3 Å². The van der Waals surface area contributed by atoms with E-state index in [1.165, 1.54) is 0 Å². The quantitative estimate of drug-likeness (QED) is 0.632. The molecule has 0 aliphatic carbocycles. The van der Waals surface area contributed by atoms with Gasteiger partial charge in [-0.25, -0.2) is 9.69 Å². The number of hydrogen-bond donors (Lipinski definition) is 3. The third-order valence-corrected chi connectivity index (χ3v) is 4.69. The number of anilines is 2. The minimum Gasteiger partial charge on any atom is -0.465 e. The van der Waals surface area contributed by atoms with E-state index in [9.17, 15) is 14.7 Å². The van der Waals surface area contributed by atoms with Crippen LogP contribution in [0.5, 0.6) is 0 Å². The van der Waals surface area contributed by atoms with E-state index >= 15 is 0 Å². The van der Waals surface area contributed by atoms with Crippen molar-refractivity contribution in [3.8, 4) is 11.3 Å². The molecular formula is C19H15ClN4O3. The topological polar surface area (TPSA) is 98.3 Å². The number of carbonyl (C=O) groups excluding carboxylic acids is 1. The molecule has 0 spiro atoms. The van der Waals surface area contributed by atoms with Crippen molar-refractivity contribution in [3.63, 3.8) is 0 Å². The number of rotatable bonds is 3. The Kier molecular flexibility index (Phi) is 4.29. The van der Waals surface area contributed by atoms with Crippen LogP contribution in [0.15, 0.2) is 48.8 Å². The zero-order chi connectivity index (χ0) is 19.0. The zero-order valence-electron chi connectivity index (χ0n) is 14.1. The first-order valence-electron chi connectivity index (χ1n) is 8.27. The summed E-state index contributed by atoms with van der Waals surface area (Å²) in [4.78, 5) is 32.4. The number of aromatic amines is 1. The molecule has 7 nitrogen and oxygen atoms in total. The first-order valence-corrected chi connectivity index (χ1v) is 8.65. The second kappa shape index (κ2) is 6.77. The maximum absolute atomic E-state index is 12.8. The Morgan fingerprint density at radius 1 is 1.19 bits per heavy atom. The number of amides is 2. The number of halogens is 1. The molecule has 1 aliphatic rings. The predicted octanol–water partition coefficient (Wildman–Crippen LogP) is 4.15. The maximum Gasteiger partial charge on any atom is 0.414 e. The van der Waals surface area contributed by atoms with Gasteiger partial charge in [-0.1, -0.05) is 11.6 Å². The molecule has 8 heteroatoms. The number of pyridine rings is 1. The second-order valence-electron chi connectivity index (χ2n) is 6.09. The molecule has 4 rings (SSSR count). The Bertz CT molecular complexity index is 1020. The van der Waals surface area contributed by atoms with Crippen molar-refractivity contribution in [3.05, 3.63) is 65.1 Å². The number of aromatic nitrogens is 2. The monoisotopic (exact) mass is 382 g/mol. The van der Waals surface area contributed by atoms with Gasteiger partial charge in [-0.3, -0.25) is 9.78 Å². The number of nitrogens with zero attached hydrogens (tertiary/aromatic N) is 2. The smallest absolute Gasteiger partial charge is 0.414 e. The lowest BCUT2D eigenvalue weighted by atomic mass is 10.0. The van der Waals surface area contributed by atoms with Crippen molar-refractivity contribution >= 4 is 35.0 Å². The molecular weight excluding hydrogens is 368 g/mol. The van der Waals surface area contributed by atoms with Crippen molar-refractivity contribution in [1.29, 1.82) is 0 Å². The highest BCUT2D eigenvalue weighted by Crippen LogP contribution is 2.38.